The van der Waals surface area contributed by atoms with E-state index >= 15 is 0 Å². The molecule has 1 atom stereocenters. The van der Waals surface area contributed by atoms with Gasteiger partial charge in [0.25, 0.3) is 0 Å². The van der Waals surface area contributed by atoms with Gasteiger partial charge < -0.3 is 5.73 Å². The minimum atomic E-state index is 0.151. The van der Waals surface area contributed by atoms with Crippen LogP contribution in [0.3, 0.4) is 0 Å². The van der Waals surface area contributed by atoms with E-state index in [9.17, 15) is 0 Å². The molecule has 19 heavy (non-hydrogen) atoms. The fourth-order valence-electron chi connectivity index (χ4n) is 3.09. The number of piperidine rings is 1. The van der Waals surface area contributed by atoms with Gasteiger partial charge in [0.1, 0.15) is 5.84 Å². The molecule has 0 spiro atoms. The van der Waals surface area contributed by atoms with Gasteiger partial charge in [-0.3, -0.25) is 10.3 Å². The number of nitrogens with zero attached hydrogens (tertiary/aromatic N) is 1. The van der Waals surface area contributed by atoms with Crippen molar-refractivity contribution in [2.75, 3.05) is 13.1 Å². The molecule has 2 rings (SSSR count). The molecule has 1 fully saturated rings. The lowest BCUT2D eigenvalue weighted by Gasteiger charge is -2.36. The van der Waals surface area contributed by atoms with E-state index in [1.807, 2.05) is 0 Å². The molecule has 0 bridgehead atoms. The quantitative estimate of drug-likeness (QED) is 0.631. The lowest BCUT2D eigenvalue weighted by Crippen LogP contribution is -2.47. The van der Waals surface area contributed by atoms with E-state index in [1.54, 1.807) is 0 Å². The summed E-state index contributed by atoms with van der Waals surface area (Å²) in [5, 5.41) is 7.65. The van der Waals surface area contributed by atoms with Crippen LogP contribution < -0.4 is 5.73 Å². The highest BCUT2D eigenvalue weighted by molar-refractivity contribution is 5.82. The van der Waals surface area contributed by atoms with Gasteiger partial charge >= 0.3 is 0 Å². The maximum atomic E-state index is 7.65. The lowest BCUT2D eigenvalue weighted by atomic mass is 9.89. The maximum absolute atomic E-state index is 7.65. The van der Waals surface area contributed by atoms with Gasteiger partial charge in [-0.25, -0.2) is 0 Å². The van der Waals surface area contributed by atoms with Crippen molar-refractivity contribution in [1.29, 1.82) is 5.41 Å². The summed E-state index contributed by atoms with van der Waals surface area (Å²) in [6.45, 7) is 4.27. The summed E-state index contributed by atoms with van der Waals surface area (Å²) < 4.78 is 0. The Balaban J connectivity index is 1.84. The zero-order valence-electron chi connectivity index (χ0n) is 11.8. The van der Waals surface area contributed by atoms with E-state index in [0.29, 0.717) is 5.84 Å². The third-order valence-electron chi connectivity index (χ3n) is 4.20. The van der Waals surface area contributed by atoms with Gasteiger partial charge in [-0.1, -0.05) is 37.3 Å². The van der Waals surface area contributed by atoms with E-state index in [4.69, 9.17) is 11.1 Å². The average Bonchev–Trinajstić information content (AvgIpc) is 2.42. The molecule has 1 heterocycles. The summed E-state index contributed by atoms with van der Waals surface area (Å²) in [7, 11) is 0. The standard InChI is InChI=1S/C16H25N3/c1-2-15(16(17)18)19-10-8-14(9-11-19)12-13-6-4-3-5-7-13/h3-7,14-15H,2,8-12H2,1H3,(H3,17,18). The second kappa shape index (κ2) is 6.71. The van der Waals surface area contributed by atoms with E-state index in [0.717, 1.165) is 25.4 Å². The second-order valence-electron chi connectivity index (χ2n) is 5.55. The third-order valence-corrected chi connectivity index (χ3v) is 4.20. The summed E-state index contributed by atoms with van der Waals surface area (Å²) in [5.41, 5.74) is 7.12. The van der Waals surface area contributed by atoms with Crippen LogP contribution in [-0.2, 0) is 6.42 Å². The SMILES string of the molecule is CCC(C(=N)N)N1CCC(Cc2ccccc2)CC1. The number of amidine groups is 1. The van der Waals surface area contributed by atoms with Crippen LogP contribution in [0, 0.1) is 11.3 Å². The monoisotopic (exact) mass is 259 g/mol. The predicted molar refractivity (Wildman–Crippen MR) is 80.4 cm³/mol. The van der Waals surface area contributed by atoms with Crippen LogP contribution in [0.5, 0.6) is 0 Å². The van der Waals surface area contributed by atoms with Gasteiger partial charge in [-0.05, 0) is 50.3 Å². The van der Waals surface area contributed by atoms with Crippen molar-refractivity contribution in [2.45, 2.75) is 38.6 Å². The highest BCUT2D eigenvalue weighted by Gasteiger charge is 2.25. The average molecular weight is 259 g/mol. The molecule has 3 heteroatoms. The molecule has 0 radical (unpaired) electrons. The van der Waals surface area contributed by atoms with Gasteiger partial charge in [-0.15, -0.1) is 0 Å². The first-order chi connectivity index (χ1) is 9.20. The molecule has 1 aliphatic heterocycles. The Hall–Kier alpha value is -1.35. The minimum absolute atomic E-state index is 0.151. The van der Waals surface area contributed by atoms with Crippen molar-refractivity contribution in [3.63, 3.8) is 0 Å². The van der Waals surface area contributed by atoms with Crippen LogP contribution in [0.2, 0.25) is 0 Å². The second-order valence-corrected chi connectivity index (χ2v) is 5.55. The topological polar surface area (TPSA) is 53.1 Å². The van der Waals surface area contributed by atoms with Crippen molar-refractivity contribution in [3.05, 3.63) is 35.9 Å². The molecule has 0 saturated carbocycles. The Morgan fingerprint density at radius 3 is 2.47 bits per heavy atom. The van der Waals surface area contributed by atoms with Crippen molar-refractivity contribution < 1.29 is 0 Å². The van der Waals surface area contributed by atoms with Crippen LogP contribution in [0.4, 0.5) is 0 Å². The summed E-state index contributed by atoms with van der Waals surface area (Å²) in [5.74, 6) is 1.10. The predicted octanol–water partition coefficient (Wildman–Crippen LogP) is 2.66. The van der Waals surface area contributed by atoms with Crippen LogP contribution >= 0.6 is 0 Å². The summed E-state index contributed by atoms with van der Waals surface area (Å²) in [6, 6.07) is 10.9. The molecule has 0 amide bonds. The third kappa shape index (κ3) is 3.80. The largest absolute Gasteiger partial charge is 0.386 e. The molecular weight excluding hydrogens is 234 g/mol. The molecular formula is C16H25N3. The van der Waals surface area contributed by atoms with Crippen molar-refractivity contribution >= 4 is 5.84 Å². The fraction of sp³-hybridized carbons (Fsp3) is 0.562. The molecule has 104 valence electrons. The van der Waals surface area contributed by atoms with E-state index in [-0.39, 0.29) is 6.04 Å². The molecule has 3 nitrogen and oxygen atoms in total. The Kier molecular flexibility index (Phi) is 4.97. The van der Waals surface area contributed by atoms with E-state index in [2.05, 4.69) is 42.2 Å². The Morgan fingerprint density at radius 2 is 1.95 bits per heavy atom. The summed E-state index contributed by atoms with van der Waals surface area (Å²) >= 11 is 0. The first-order valence-electron chi connectivity index (χ1n) is 7.32. The smallest absolute Gasteiger partial charge is 0.108 e. The molecule has 0 aliphatic carbocycles. The summed E-state index contributed by atoms with van der Waals surface area (Å²) in [6.07, 6.45) is 4.57. The van der Waals surface area contributed by atoms with E-state index < -0.39 is 0 Å². The number of likely N-dealkylation sites (tertiary alicyclic amines) is 1. The lowest BCUT2D eigenvalue weighted by molar-refractivity contribution is 0.159. The first-order valence-corrected chi connectivity index (χ1v) is 7.32. The fourth-order valence-corrected chi connectivity index (χ4v) is 3.09. The number of nitrogens with two attached hydrogens (primary N) is 1. The molecule has 0 aromatic heterocycles. The van der Waals surface area contributed by atoms with Crippen molar-refractivity contribution in [3.8, 4) is 0 Å². The summed E-state index contributed by atoms with van der Waals surface area (Å²) in [4.78, 5) is 2.38. The molecule has 1 aromatic carbocycles. The maximum Gasteiger partial charge on any atom is 0.108 e. The number of hydrogen-bond acceptors (Lipinski definition) is 2. The molecule has 1 unspecified atom stereocenters. The number of hydrogen-bond donors (Lipinski definition) is 2. The zero-order valence-corrected chi connectivity index (χ0v) is 11.8. The van der Waals surface area contributed by atoms with Crippen LogP contribution in [0.15, 0.2) is 30.3 Å². The van der Waals surface area contributed by atoms with Crippen LogP contribution in [-0.4, -0.2) is 29.9 Å². The van der Waals surface area contributed by atoms with E-state index in [1.165, 1.54) is 24.8 Å². The van der Waals surface area contributed by atoms with Gasteiger partial charge in [0, 0.05) is 0 Å². The first kappa shape index (κ1) is 14.1. The van der Waals surface area contributed by atoms with Gasteiger partial charge in [0.2, 0.25) is 0 Å². The molecule has 1 aliphatic rings. The van der Waals surface area contributed by atoms with Crippen LogP contribution in [0.25, 0.3) is 0 Å². The highest BCUT2D eigenvalue weighted by atomic mass is 15.2. The highest BCUT2D eigenvalue weighted by Crippen LogP contribution is 2.23. The number of benzene rings is 1. The normalized spacial score (nSPS) is 19.2. The molecule has 1 aromatic rings. The van der Waals surface area contributed by atoms with Gasteiger partial charge in [-0.2, -0.15) is 0 Å². The Morgan fingerprint density at radius 1 is 1.32 bits per heavy atom. The zero-order chi connectivity index (χ0) is 13.7. The molecule has 3 N–H and O–H groups in total. The van der Waals surface area contributed by atoms with Crippen molar-refractivity contribution in [1.82, 2.24) is 4.90 Å². The minimum Gasteiger partial charge on any atom is -0.386 e. The van der Waals surface area contributed by atoms with Gasteiger partial charge in [0.05, 0.1) is 6.04 Å². The number of rotatable bonds is 5. The van der Waals surface area contributed by atoms with Crippen LogP contribution in [0.1, 0.15) is 31.7 Å². The van der Waals surface area contributed by atoms with Gasteiger partial charge in [0.15, 0.2) is 0 Å². The number of nitrogens with one attached hydrogen (secondary N) is 1. The Bertz CT molecular complexity index is 394. The Labute approximate surface area is 116 Å². The van der Waals surface area contributed by atoms with Crippen molar-refractivity contribution in [2.24, 2.45) is 11.7 Å². The molecule has 1 saturated heterocycles.